The molecule has 1 aromatic rings. The highest BCUT2D eigenvalue weighted by atomic mass is 32.2. The molecule has 2 amide bonds. The first-order chi connectivity index (χ1) is 12.7. The molecule has 27 heavy (non-hydrogen) atoms. The number of thioether (sulfide) groups is 1. The summed E-state index contributed by atoms with van der Waals surface area (Å²) in [4.78, 5) is 45.5. The molecule has 1 saturated heterocycles. The van der Waals surface area contributed by atoms with Gasteiger partial charge in [0, 0.05) is 31.4 Å². The second kappa shape index (κ2) is 8.82. The van der Waals surface area contributed by atoms with Crippen LogP contribution in [-0.2, 0) is 14.3 Å². The summed E-state index contributed by atoms with van der Waals surface area (Å²) in [5.41, 5.74) is 3.73. The molecule has 11 heteroatoms. The number of nitrogens with two attached hydrogens (primary N) is 1. The lowest BCUT2D eigenvalue weighted by Crippen LogP contribution is -2.46. The predicted octanol–water partition coefficient (Wildman–Crippen LogP) is 0.783. The van der Waals surface area contributed by atoms with Crippen molar-refractivity contribution in [2.45, 2.75) is 17.7 Å². The number of rotatable bonds is 8. The largest absolute Gasteiger partial charge is 0.481 e. The number of ether oxygens (including phenoxy) is 1. The molecule has 2 rings (SSSR count). The zero-order valence-corrected chi connectivity index (χ0v) is 15.1. The lowest BCUT2D eigenvalue weighted by atomic mass is 9.80. The highest BCUT2D eigenvalue weighted by Gasteiger charge is 2.40. The van der Waals surface area contributed by atoms with E-state index in [4.69, 9.17) is 10.5 Å². The minimum absolute atomic E-state index is 0.00146. The summed E-state index contributed by atoms with van der Waals surface area (Å²) in [6.07, 6.45) is 0.603. The van der Waals surface area contributed by atoms with Gasteiger partial charge >= 0.3 is 5.97 Å². The summed E-state index contributed by atoms with van der Waals surface area (Å²) in [7, 11) is 0. The van der Waals surface area contributed by atoms with Crippen LogP contribution in [-0.4, -0.2) is 53.3 Å². The third-order valence-electron chi connectivity index (χ3n) is 4.33. The van der Waals surface area contributed by atoms with Crippen LogP contribution in [0.2, 0.25) is 0 Å². The van der Waals surface area contributed by atoms with Crippen molar-refractivity contribution in [3.63, 3.8) is 0 Å². The standard InChI is InChI=1S/C16H19N3O7S/c17-14(21)10-1-2-12(11(7-10)19(24)25)27-8-13(20)18-9-16(15(22)23)3-5-26-6-4-16/h1-2,7H,3-6,8-9H2,(H2,17,21)(H,18,20)(H,22,23). The molecule has 10 nitrogen and oxygen atoms in total. The zero-order valence-electron chi connectivity index (χ0n) is 14.3. The molecule has 1 fully saturated rings. The van der Waals surface area contributed by atoms with E-state index < -0.39 is 28.1 Å². The summed E-state index contributed by atoms with van der Waals surface area (Å²) >= 11 is 0.920. The van der Waals surface area contributed by atoms with Gasteiger partial charge in [0.05, 0.1) is 21.0 Å². The second-order valence-electron chi connectivity index (χ2n) is 6.07. The van der Waals surface area contributed by atoms with Gasteiger partial charge in [0.2, 0.25) is 11.8 Å². The maximum absolute atomic E-state index is 12.1. The molecule has 0 bridgehead atoms. The Hall–Kier alpha value is -2.66. The Bertz CT molecular complexity index is 762. The second-order valence-corrected chi connectivity index (χ2v) is 7.08. The van der Waals surface area contributed by atoms with Gasteiger partial charge in [0.1, 0.15) is 0 Å². The van der Waals surface area contributed by atoms with E-state index in [1.165, 1.54) is 12.1 Å². The van der Waals surface area contributed by atoms with Crippen molar-refractivity contribution in [1.29, 1.82) is 0 Å². The van der Waals surface area contributed by atoms with Crippen molar-refractivity contribution in [2.75, 3.05) is 25.5 Å². The van der Waals surface area contributed by atoms with E-state index in [9.17, 15) is 29.6 Å². The van der Waals surface area contributed by atoms with Crippen molar-refractivity contribution in [2.24, 2.45) is 11.1 Å². The molecule has 0 atom stereocenters. The maximum Gasteiger partial charge on any atom is 0.311 e. The van der Waals surface area contributed by atoms with Crippen molar-refractivity contribution in [1.82, 2.24) is 5.32 Å². The van der Waals surface area contributed by atoms with Gasteiger partial charge in [-0.05, 0) is 25.0 Å². The van der Waals surface area contributed by atoms with Gasteiger partial charge in [0.15, 0.2) is 0 Å². The van der Waals surface area contributed by atoms with Crippen LogP contribution in [0.1, 0.15) is 23.2 Å². The number of nitrogens with one attached hydrogen (secondary N) is 1. The highest BCUT2D eigenvalue weighted by Crippen LogP contribution is 2.31. The fourth-order valence-corrected chi connectivity index (χ4v) is 3.46. The number of nitro benzene ring substituents is 1. The quantitative estimate of drug-likeness (QED) is 0.329. The number of benzene rings is 1. The van der Waals surface area contributed by atoms with Crippen LogP contribution in [0.25, 0.3) is 0 Å². The molecule has 1 aliphatic heterocycles. The number of hydrogen-bond acceptors (Lipinski definition) is 7. The molecule has 1 aromatic carbocycles. The molecule has 0 aromatic heterocycles. The Kier molecular flexibility index (Phi) is 6.75. The average molecular weight is 397 g/mol. The molecule has 1 heterocycles. The normalized spacial score (nSPS) is 15.7. The topological polar surface area (TPSA) is 162 Å². The van der Waals surface area contributed by atoms with E-state index in [0.29, 0.717) is 26.1 Å². The molecule has 0 unspecified atom stereocenters. The average Bonchev–Trinajstić information content (AvgIpc) is 2.65. The molecular formula is C16H19N3O7S. The number of carboxylic acid groups (broad SMARTS) is 1. The number of amides is 2. The van der Waals surface area contributed by atoms with Gasteiger partial charge in [-0.15, -0.1) is 11.8 Å². The summed E-state index contributed by atoms with van der Waals surface area (Å²) in [5, 5.41) is 23.2. The summed E-state index contributed by atoms with van der Waals surface area (Å²) in [5.74, 6) is -2.36. The Morgan fingerprint density at radius 3 is 2.56 bits per heavy atom. The number of nitrogens with zero attached hydrogens (tertiary/aromatic N) is 1. The zero-order chi connectivity index (χ0) is 20.0. The minimum atomic E-state index is -1.06. The Balaban J connectivity index is 1.98. The Labute approximate surface area is 158 Å². The lowest BCUT2D eigenvalue weighted by Gasteiger charge is -2.33. The summed E-state index contributed by atoms with van der Waals surface area (Å²) < 4.78 is 5.17. The van der Waals surface area contributed by atoms with E-state index in [-0.39, 0.29) is 28.4 Å². The van der Waals surface area contributed by atoms with Crippen LogP contribution in [0.15, 0.2) is 23.1 Å². The number of aliphatic carboxylic acids is 1. The third kappa shape index (κ3) is 5.17. The monoisotopic (exact) mass is 397 g/mol. The molecular weight excluding hydrogens is 378 g/mol. The van der Waals surface area contributed by atoms with Gasteiger partial charge in [-0.1, -0.05) is 0 Å². The fourth-order valence-electron chi connectivity index (χ4n) is 2.63. The summed E-state index contributed by atoms with van der Waals surface area (Å²) in [6.45, 7) is 0.596. The van der Waals surface area contributed by atoms with Crippen molar-refractivity contribution < 1.29 is 29.2 Å². The van der Waals surface area contributed by atoms with E-state index >= 15 is 0 Å². The van der Waals surface area contributed by atoms with Gasteiger partial charge in [0.25, 0.3) is 5.69 Å². The molecule has 146 valence electrons. The molecule has 0 aliphatic carbocycles. The molecule has 0 saturated carbocycles. The highest BCUT2D eigenvalue weighted by molar-refractivity contribution is 8.00. The predicted molar refractivity (Wildman–Crippen MR) is 95.5 cm³/mol. The van der Waals surface area contributed by atoms with Crippen molar-refractivity contribution >= 4 is 35.2 Å². The number of carbonyl (C=O) groups excluding carboxylic acids is 2. The van der Waals surface area contributed by atoms with E-state index in [1.54, 1.807) is 0 Å². The van der Waals surface area contributed by atoms with Gasteiger partial charge in [-0.3, -0.25) is 24.5 Å². The van der Waals surface area contributed by atoms with Gasteiger partial charge < -0.3 is 20.9 Å². The fraction of sp³-hybridized carbons (Fsp3) is 0.438. The first-order valence-corrected chi connectivity index (χ1v) is 9.02. The van der Waals surface area contributed by atoms with Crippen LogP contribution in [0.4, 0.5) is 5.69 Å². The molecule has 1 aliphatic rings. The van der Waals surface area contributed by atoms with E-state index in [0.717, 1.165) is 17.8 Å². The van der Waals surface area contributed by atoms with Crippen LogP contribution >= 0.6 is 11.8 Å². The first kappa shape index (κ1) is 20.6. The van der Waals surface area contributed by atoms with Crippen LogP contribution in [0, 0.1) is 15.5 Å². The molecule has 4 N–H and O–H groups in total. The smallest absolute Gasteiger partial charge is 0.311 e. The van der Waals surface area contributed by atoms with Crippen LogP contribution in [0.5, 0.6) is 0 Å². The van der Waals surface area contributed by atoms with Crippen LogP contribution in [0.3, 0.4) is 0 Å². The summed E-state index contributed by atoms with van der Waals surface area (Å²) in [6, 6.07) is 3.76. The minimum Gasteiger partial charge on any atom is -0.481 e. The Morgan fingerprint density at radius 1 is 1.33 bits per heavy atom. The molecule has 0 spiro atoms. The van der Waals surface area contributed by atoms with Crippen molar-refractivity contribution in [3.05, 3.63) is 33.9 Å². The number of hydrogen-bond donors (Lipinski definition) is 3. The number of carboxylic acids is 1. The number of primary amides is 1. The van der Waals surface area contributed by atoms with Gasteiger partial charge in [-0.25, -0.2) is 0 Å². The van der Waals surface area contributed by atoms with Crippen LogP contribution < -0.4 is 11.1 Å². The SMILES string of the molecule is NC(=O)c1ccc(SCC(=O)NCC2(C(=O)O)CCOCC2)c([N+](=O)[O-])c1. The molecule has 0 radical (unpaired) electrons. The maximum atomic E-state index is 12.1. The van der Waals surface area contributed by atoms with Gasteiger partial charge in [-0.2, -0.15) is 0 Å². The first-order valence-electron chi connectivity index (χ1n) is 8.04. The third-order valence-corrected chi connectivity index (χ3v) is 5.39. The number of nitro groups is 1. The van der Waals surface area contributed by atoms with Crippen molar-refractivity contribution in [3.8, 4) is 0 Å². The lowest BCUT2D eigenvalue weighted by molar-refractivity contribution is -0.387. The Morgan fingerprint density at radius 2 is 2.00 bits per heavy atom. The van der Waals surface area contributed by atoms with E-state index in [2.05, 4.69) is 5.32 Å². The van der Waals surface area contributed by atoms with E-state index in [1.807, 2.05) is 0 Å². The number of carbonyl (C=O) groups is 3.